The van der Waals surface area contributed by atoms with Gasteiger partial charge < -0.3 is 10.1 Å². The van der Waals surface area contributed by atoms with Gasteiger partial charge in [-0.15, -0.1) is 0 Å². The molecule has 1 fully saturated rings. The normalized spacial score (nSPS) is 23.3. The molecule has 19 heavy (non-hydrogen) atoms. The molecule has 1 saturated carbocycles. The molecule has 106 valence electrons. The first kappa shape index (κ1) is 14.3. The molecule has 0 amide bonds. The van der Waals surface area contributed by atoms with Crippen molar-refractivity contribution < 1.29 is 9.13 Å². The molecule has 0 aromatic heterocycles. The Morgan fingerprint density at radius 2 is 2.21 bits per heavy atom. The smallest absolute Gasteiger partial charge is 0.167 e. The lowest BCUT2D eigenvalue weighted by molar-refractivity contribution is 0.129. The monoisotopic (exact) mass is 265 g/mol. The zero-order valence-corrected chi connectivity index (χ0v) is 11.9. The summed E-state index contributed by atoms with van der Waals surface area (Å²) in [5, 5.41) is 3.54. The van der Waals surface area contributed by atoms with E-state index < -0.39 is 0 Å². The van der Waals surface area contributed by atoms with Crippen LogP contribution in [0.2, 0.25) is 0 Å². The quantitative estimate of drug-likeness (QED) is 0.873. The number of ether oxygens (including phenoxy) is 1. The second-order valence-electron chi connectivity index (χ2n) is 5.44. The molecule has 1 aromatic rings. The van der Waals surface area contributed by atoms with E-state index in [9.17, 15) is 4.39 Å². The summed E-state index contributed by atoms with van der Waals surface area (Å²) in [5.41, 5.74) is 0.647. The first-order valence-corrected chi connectivity index (χ1v) is 7.36. The summed E-state index contributed by atoms with van der Waals surface area (Å²) in [6.07, 6.45) is 5.65. The van der Waals surface area contributed by atoms with Gasteiger partial charge >= 0.3 is 0 Å². The fourth-order valence-corrected chi connectivity index (χ4v) is 2.68. The van der Waals surface area contributed by atoms with Crippen LogP contribution in [-0.2, 0) is 0 Å². The molecule has 0 aliphatic heterocycles. The van der Waals surface area contributed by atoms with Crippen LogP contribution >= 0.6 is 0 Å². The van der Waals surface area contributed by atoms with Gasteiger partial charge in [0.25, 0.3) is 0 Å². The molecule has 0 saturated heterocycles. The summed E-state index contributed by atoms with van der Waals surface area (Å²) >= 11 is 0. The minimum absolute atomic E-state index is 0.138. The van der Waals surface area contributed by atoms with E-state index in [0.717, 1.165) is 32.2 Å². The molecule has 2 unspecified atom stereocenters. The Hall–Kier alpha value is -1.09. The molecule has 1 aromatic carbocycles. The predicted octanol–water partition coefficient (Wildman–Crippen LogP) is 3.82. The van der Waals surface area contributed by atoms with Gasteiger partial charge in [0.1, 0.15) is 6.10 Å². The second-order valence-corrected chi connectivity index (χ2v) is 5.44. The van der Waals surface area contributed by atoms with E-state index in [2.05, 4.69) is 12.2 Å². The summed E-state index contributed by atoms with van der Waals surface area (Å²) in [7, 11) is 0. The predicted molar refractivity (Wildman–Crippen MR) is 76.1 cm³/mol. The molecule has 0 radical (unpaired) electrons. The van der Waals surface area contributed by atoms with Gasteiger partial charge in [0.05, 0.1) is 0 Å². The zero-order chi connectivity index (χ0) is 13.7. The molecule has 0 heterocycles. The van der Waals surface area contributed by atoms with E-state index in [1.165, 1.54) is 6.42 Å². The Kier molecular flexibility index (Phi) is 5.20. The highest BCUT2D eigenvalue weighted by Gasteiger charge is 2.23. The fraction of sp³-hybridized carbons (Fsp3) is 0.625. The summed E-state index contributed by atoms with van der Waals surface area (Å²) in [6, 6.07) is 5.87. The van der Waals surface area contributed by atoms with Crippen molar-refractivity contribution in [3.05, 3.63) is 29.6 Å². The van der Waals surface area contributed by atoms with Crippen LogP contribution in [0.3, 0.4) is 0 Å². The van der Waals surface area contributed by atoms with Gasteiger partial charge in [-0.3, -0.25) is 0 Å². The number of halogens is 1. The van der Waals surface area contributed by atoms with Gasteiger partial charge in [0, 0.05) is 6.04 Å². The summed E-state index contributed by atoms with van der Waals surface area (Å²) < 4.78 is 19.8. The van der Waals surface area contributed by atoms with Crippen molar-refractivity contribution in [1.29, 1.82) is 0 Å². The summed E-state index contributed by atoms with van der Waals surface area (Å²) in [4.78, 5) is 0. The SMILES string of the molecule is CCCNC1CCCC(Oc2cccc(C)c2F)C1. The van der Waals surface area contributed by atoms with E-state index in [1.54, 1.807) is 19.1 Å². The topological polar surface area (TPSA) is 21.3 Å². The van der Waals surface area contributed by atoms with Crippen LogP contribution in [0.15, 0.2) is 18.2 Å². The van der Waals surface area contributed by atoms with E-state index in [4.69, 9.17) is 4.74 Å². The number of benzene rings is 1. The Labute approximate surface area is 115 Å². The number of hydrogen-bond donors (Lipinski definition) is 1. The molecule has 2 nitrogen and oxygen atoms in total. The van der Waals surface area contributed by atoms with Gasteiger partial charge in [-0.2, -0.15) is 0 Å². The lowest BCUT2D eigenvalue weighted by Gasteiger charge is -2.30. The van der Waals surface area contributed by atoms with Crippen LogP contribution in [0.25, 0.3) is 0 Å². The number of rotatable bonds is 5. The molecule has 3 heteroatoms. The number of nitrogens with one attached hydrogen (secondary N) is 1. The van der Waals surface area contributed by atoms with Crippen molar-refractivity contribution in [2.75, 3.05) is 6.54 Å². The van der Waals surface area contributed by atoms with Crippen molar-refractivity contribution >= 4 is 0 Å². The maximum atomic E-state index is 13.9. The van der Waals surface area contributed by atoms with Gasteiger partial charge in [0.2, 0.25) is 0 Å². The zero-order valence-electron chi connectivity index (χ0n) is 11.9. The van der Waals surface area contributed by atoms with E-state index in [1.807, 2.05) is 6.07 Å². The van der Waals surface area contributed by atoms with Crippen LogP contribution in [0, 0.1) is 12.7 Å². The third-order valence-electron chi connectivity index (χ3n) is 3.76. The van der Waals surface area contributed by atoms with Crippen LogP contribution in [0.5, 0.6) is 5.75 Å². The van der Waals surface area contributed by atoms with E-state index in [0.29, 0.717) is 17.4 Å². The first-order valence-electron chi connectivity index (χ1n) is 7.36. The average Bonchev–Trinajstić information content (AvgIpc) is 2.42. The first-order chi connectivity index (χ1) is 9.20. The number of hydrogen-bond acceptors (Lipinski definition) is 2. The van der Waals surface area contributed by atoms with Gasteiger partial charge in [-0.05, 0) is 57.2 Å². The van der Waals surface area contributed by atoms with Gasteiger partial charge in [0.15, 0.2) is 11.6 Å². The Balaban J connectivity index is 1.93. The van der Waals surface area contributed by atoms with E-state index >= 15 is 0 Å². The highest BCUT2D eigenvalue weighted by Crippen LogP contribution is 2.26. The van der Waals surface area contributed by atoms with E-state index in [-0.39, 0.29) is 11.9 Å². The minimum Gasteiger partial charge on any atom is -0.487 e. The Morgan fingerprint density at radius 3 is 3.00 bits per heavy atom. The van der Waals surface area contributed by atoms with Crippen LogP contribution in [0.4, 0.5) is 4.39 Å². The lowest BCUT2D eigenvalue weighted by Crippen LogP contribution is -2.38. The largest absolute Gasteiger partial charge is 0.487 e. The molecule has 2 rings (SSSR count). The molecule has 2 atom stereocenters. The highest BCUT2D eigenvalue weighted by molar-refractivity contribution is 5.30. The van der Waals surface area contributed by atoms with Crippen molar-refractivity contribution in [2.45, 2.75) is 58.1 Å². The molecule has 0 bridgehead atoms. The van der Waals surface area contributed by atoms with Crippen molar-refractivity contribution in [1.82, 2.24) is 5.32 Å². The van der Waals surface area contributed by atoms with Crippen LogP contribution < -0.4 is 10.1 Å². The third kappa shape index (κ3) is 3.93. The van der Waals surface area contributed by atoms with Crippen LogP contribution in [-0.4, -0.2) is 18.7 Å². The van der Waals surface area contributed by atoms with Gasteiger partial charge in [-0.1, -0.05) is 19.1 Å². The second kappa shape index (κ2) is 6.90. The third-order valence-corrected chi connectivity index (χ3v) is 3.76. The fourth-order valence-electron chi connectivity index (χ4n) is 2.68. The molecular formula is C16H24FNO. The van der Waals surface area contributed by atoms with Crippen molar-refractivity contribution in [3.8, 4) is 5.75 Å². The van der Waals surface area contributed by atoms with Crippen molar-refractivity contribution in [3.63, 3.8) is 0 Å². The van der Waals surface area contributed by atoms with Gasteiger partial charge in [-0.25, -0.2) is 4.39 Å². The summed E-state index contributed by atoms with van der Waals surface area (Å²) in [6.45, 7) is 5.00. The average molecular weight is 265 g/mol. The summed E-state index contributed by atoms with van der Waals surface area (Å²) in [5.74, 6) is 0.187. The Bertz CT molecular complexity index is 408. The molecular weight excluding hydrogens is 241 g/mol. The van der Waals surface area contributed by atoms with Crippen LogP contribution in [0.1, 0.15) is 44.6 Å². The number of aryl methyl sites for hydroxylation is 1. The molecule has 1 aliphatic carbocycles. The minimum atomic E-state index is -0.217. The highest BCUT2D eigenvalue weighted by atomic mass is 19.1. The Morgan fingerprint density at radius 1 is 1.37 bits per heavy atom. The molecule has 1 aliphatic rings. The molecule has 1 N–H and O–H groups in total. The molecule has 0 spiro atoms. The maximum Gasteiger partial charge on any atom is 0.167 e. The lowest BCUT2D eigenvalue weighted by atomic mass is 9.92. The van der Waals surface area contributed by atoms with Crippen molar-refractivity contribution in [2.24, 2.45) is 0 Å². The standard InChI is InChI=1S/C16H24FNO/c1-3-10-18-13-7-5-8-14(11-13)19-15-9-4-6-12(2)16(15)17/h4,6,9,13-14,18H,3,5,7-8,10-11H2,1-2H3. The maximum absolute atomic E-state index is 13.9.